The summed E-state index contributed by atoms with van der Waals surface area (Å²) in [6, 6.07) is 123. The molecule has 0 atom stereocenters. The molecule has 0 radical (unpaired) electrons. The van der Waals surface area contributed by atoms with Crippen LogP contribution < -0.4 is 0 Å². The van der Waals surface area contributed by atoms with E-state index < -0.39 is 0 Å². The van der Waals surface area contributed by atoms with Crippen molar-refractivity contribution in [3.63, 3.8) is 0 Å². The molecule has 0 fully saturated rings. The van der Waals surface area contributed by atoms with E-state index in [1.165, 1.54) is 94.8 Å². The van der Waals surface area contributed by atoms with E-state index in [0.29, 0.717) is 5.95 Å². The second-order valence-corrected chi connectivity index (χ2v) is 29.3. The predicted molar refractivity (Wildman–Crippen MR) is 436 cm³/mol. The Labute approximate surface area is 596 Å². The van der Waals surface area contributed by atoms with Gasteiger partial charge in [-0.05, 0) is 161 Å². The van der Waals surface area contributed by atoms with E-state index >= 15 is 0 Å². The van der Waals surface area contributed by atoms with Crippen molar-refractivity contribution in [1.82, 2.24) is 32.8 Å². The molecule has 0 unspecified atom stereocenters. The third-order valence-electron chi connectivity index (χ3n) is 21.7. The van der Waals surface area contributed by atoms with Gasteiger partial charge in [0.25, 0.3) is 0 Å². The molecule has 7 nitrogen and oxygen atoms in total. The Bertz CT molecular complexity index is 7560. The average Bonchev–Trinajstić information content (AvgIpc) is 1.56. The van der Waals surface area contributed by atoms with Gasteiger partial charge in [-0.25, -0.2) is 0 Å². The number of hydrogen-bond acceptors (Lipinski definition) is 4. The van der Waals surface area contributed by atoms with Crippen LogP contribution in [0, 0.1) is 0 Å². The zero-order valence-corrected chi connectivity index (χ0v) is 56.8. The molecular weight excluding hydrogens is 1290 g/mol. The molecule has 0 aliphatic heterocycles. The topological polar surface area (TPSA) is 50.4 Å². The second kappa shape index (κ2) is 21.7. The smallest absolute Gasteiger partial charge is 0.238 e. The Morgan fingerprint density at radius 2 is 0.534 bits per heavy atom. The van der Waals surface area contributed by atoms with Gasteiger partial charge in [-0.15, -0.1) is 22.7 Å². The van der Waals surface area contributed by atoms with Crippen molar-refractivity contribution in [3.05, 3.63) is 334 Å². The molecule has 9 heteroatoms. The molecule has 103 heavy (non-hydrogen) atoms. The van der Waals surface area contributed by atoms with Gasteiger partial charge in [0.1, 0.15) is 11.6 Å². The summed E-state index contributed by atoms with van der Waals surface area (Å²) in [5.74, 6) is 2.11. The Morgan fingerprint density at radius 3 is 1.10 bits per heavy atom. The monoisotopic (exact) mass is 1350 g/mol. The molecule has 0 amide bonds. The molecule has 0 saturated carbocycles. The minimum Gasteiger partial charge on any atom is -0.309 e. The van der Waals surface area contributed by atoms with Gasteiger partial charge in [-0.2, -0.15) is 9.97 Å². The van der Waals surface area contributed by atoms with Crippen LogP contribution in [0.25, 0.3) is 212 Å². The molecule has 8 heterocycles. The van der Waals surface area contributed by atoms with Crippen LogP contribution in [0.2, 0.25) is 0 Å². The molecule has 23 aromatic rings. The molecule has 0 bridgehead atoms. The van der Waals surface area contributed by atoms with Gasteiger partial charge < -0.3 is 9.13 Å². The summed E-state index contributed by atoms with van der Waals surface area (Å²) in [4.78, 5) is 11.7. The van der Waals surface area contributed by atoms with Gasteiger partial charge in [0.2, 0.25) is 5.95 Å². The van der Waals surface area contributed by atoms with Crippen LogP contribution in [-0.2, 0) is 0 Å². The van der Waals surface area contributed by atoms with E-state index in [9.17, 15) is 0 Å². The van der Waals surface area contributed by atoms with Gasteiger partial charge in [0, 0.05) is 112 Å². The summed E-state index contributed by atoms with van der Waals surface area (Å²) < 4.78 is 17.0. The number of rotatable bonds is 8. The van der Waals surface area contributed by atoms with Crippen LogP contribution in [0.1, 0.15) is 0 Å². The van der Waals surface area contributed by atoms with E-state index in [-0.39, 0.29) is 0 Å². The van der Waals surface area contributed by atoms with Crippen LogP contribution in [-0.4, -0.2) is 32.8 Å². The van der Waals surface area contributed by atoms with E-state index in [1.807, 2.05) is 22.7 Å². The second-order valence-electron chi connectivity index (χ2n) is 27.2. The maximum Gasteiger partial charge on any atom is 0.238 e. The summed E-state index contributed by atoms with van der Waals surface area (Å²) in [7, 11) is 0. The first-order valence-corrected chi connectivity index (χ1v) is 36.6. The van der Waals surface area contributed by atoms with Crippen LogP contribution in [0.5, 0.6) is 0 Å². The van der Waals surface area contributed by atoms with E-state index in [4.69, 9.17) is 9.97 Å². The highest BCUT2D eigenvalue weighted by Gasteiger charge is 2.26. The molecule has 8 aromatic heterocycles. The maximum atomic E-state index is 5.88. The zero-order valence-electron chi connectivity index (χ0n) is 55.2. The average molecular weight is 1350 g/mol. The van der Waals surface area contributed by atoms with Crippen LogP contribution in [0.3, 0.4) is 0 Å². The number of thiophene rings is 2. The number of aromatic nitrogens is 7. The number of fused-ring (bicyclic) bond motifs is 22. The van der Waals surface area contributed by atoms with Gasteiger partial charge >= 0.3 is 0 Å². The van der Waals surface area contributed by atoms with Gasteiger partial charge in [-0.1, -0.05) is 200 Å². The fourth-order valence-corrected chi connectivity index (χ4v) is 19.5. The first-order chi connectivity index (χ1) is 51.1. The fourth-order valence-electron chi connectivity index (χ4n) is 17.1. The minimum atomic E-state index is 0.578. The zero-order chi connectivity index (χ0) is 67.1. The first kappa shape index (κ1) is 56.7. The molecule has 0 aliphatic carbocycles. The maximum absolute atomic E-state index is 5.88. The largest absolute Gasteiger partial charge is 0.309 e. The lowest BCUT2D eigenvalue weighted by molar-refractivity contribution is 0.918. The number of para-hydroxylation sites is 6. The molecule has 0 aliphatic rings. The van der Waals surface area contributed by atoms with Gasteiger partial charge in [0.15, 0.2) is 0 Å². The van der Waals surface area contributed by atoms with E-state index in [0.717, 1.165) is 111 Å². The quantitative estimate of drug-likeness (QED) is 0.152. The van der Waals surface area contributed by atoms with Gasteiger partial charge in [-0.3, -0.25) is 13.7 Å². The van der Waals surface area contributed by atoms with Crippen molar-refractivity contribution in [3.8, 4) is 62.3 Å². The fraction of sp³-hybridized carbons (Fsp3) is 0. The van der Waals surface area contributed by atoms with Crippen LogP contribution in [0.15, 0.2) is 334 Å². The minimum absolute atomic E-state index is 0.578. The number of nitrogens with zero attached hydrogens (tertiary/aromatic N) is 7. The lowest BCUT2D eigenvalue weighted by atomic mass is 9.98. The van der Waals surface area contributed by atoms with E-state index in [2.05, 4.69) is 356 Å². The third-order valence-corrected chi connectivity index (χ3v) is 24.1. The lowest BCUT2D eigenvalue weighted by Crippen LogP contribution is -2.10. The van der Waals surface area contributed by atoms with Crippen molar-refractivity contribution < 1.29 is 0 Å². The SMILES string of the molecule is c1ccc(-n2c3ccccc3c3cc(-c4ccc5c(c4)c4cc(-c6ccc7c(c6)c6ccccc6n7-c6cc(-n7c8ccccc8c8c9sc%10ccccc%10c9ccc87)nc(-n7c8ccccc8c8ccc(-c9ccc%10c(c9)sc9ccccc9%10)cc87)n6)ccc4n5-c4ccccc4)ccc32)cc1. The highest BCUT2D eigenvalue weighted by atomic mass is 32.1. The highest BCUT2D eigenvalue weighted by molar-refractivity contribution is 7.27. The van der Waals surface area contributed by atoms with E-state index in [1.54, 1.807) is 0 Å². The normalized spacial score (nSPS) is 12.3. The summed E-state index contributed by atoms with van der Waals surface area (Å²) >= 11 is 3.72. The summed E-state index contributed by atoms with van der Waals surface area (Å²) in [6.07, 6.45) is 0. The molecule has 0 N–H and O–H groups in total. The van der Waals surface area contributed by atoms with Crippen LogP contribution in [0.4, 0.5) is 0 Å². The molecule has 478 valence electrons. The van der Waals surface area contributed by atoms with Crippen molar-refractivity contribution in [2.45, 2.75) is 0 Å². The summed E-state index contributed by atoms with van der Waals surface area (Å²) in [5.41, 5.74) is 20.2. The number of benzene rings is 15. The van der Waals surface area contributed by atoms with Crippen molar-refractivity contribution in [1.29, 1.82) is 0 Å². The van der Waals surface area contributed by atoms with Crippen LogP contribution >= 0.6 is 22.7 Å². The number of hydrogen-bond donors (Lipinski definition) is 0. The molecule has 0 spiro atoms. The Hall–Kier alpha value is -13.2. The molecule has 23 rings (SSSR count). The Morgan fingerprint density at radius 1 is 0.194 bits per heavy atom. The predicted octanol–water partition coefficient (Wildman–Crippen LogP) is 25.7. The molecule has 0 saturated heterocycles. The lowest BCUT2D eigenvalue weighted by Gasteiger charge is -2.15. The Kier molecular flexibility index (Phi) is 11.9. The van der Waals surface area contributed by atoms with Gasteiger partial charge in [0.05, 0.1) is 55.2 Å². The summed E-state index contributed by atoms with van der Waals surface area (Å²) in [5, 5.41) is 16.9. The summed E-state index contributed by atoms with van der Waals surface area (Å²) in [6.45, 7) is 0. The van der Waals surface area contributed by atoms with Crippen molar-refractivity contribution >= 4 is 172 Å². The highest BCUT2D eigenvalue weighted by Crippen LogP contribution is 2.47. The standard InChI is InChI=1S/C94H55N7S2/c1-3-19-62(20-4-1)97-77-29-13-8-24-65(77)73-49-56(37-44-81(73)97)58-38-45-82-75(51-58)76-52-59(39-46-83(76)98(82)63-21-5-2-6-22-63)57-40-47-84-74(50-57)66-25-9-14-30-78(66)99(84)90-55-91(100-80-32-16-10-28-72(80)92-85(100)48-43-71-69-27-12-18-34-88(69)103-93(71)92)96-94(95-90)101-79-31-15-7-23-64(79)67-41-35-60(53-86(67)101)61-36-42-70-68-26-11-17-33-87(68)102-89(70)54-61/h1-55H. The Balaban J connectivity index is 0.726. The molecular formula is C94H55N7S2. The molecule has 15 aromatic carbocycles. The van der Waals surface area contributed by atoms with Crippen molar-refractivity contribution in [2.24, 2.45) is 0 Å². The first-order valence-electron chi connectivity index (χ1n) is 35.0. The van der Waals surface area contributed by atoms with Crippen molar-refractivity contribution in [2.75, 3.05) is 0 Å². The third kappa shape index (κ3) is 8.31.